The number of nitrogens with one attached hydrogen (secondary N) is 1. The molecule has 0 amide bonds. The number of aliphatic hydroxyl groups is 1. The number of hydrogen-bond donors (Lipinski definition) is 3. The number of H-pyrrole nitrogens is 1. The van der Waals surface area contributed by atoms with Crippen LogP contribution in [-0.2, 0) is 11.8 Å². The Balaban J connectivity index is 2.13. The van der Waals surface area contributed by atoms with Gasteiger partial charge in [-0.2, -0.15) is 0 Å². The average molecular weight is 284 g/mol. The van der Waals surface area contributed by atoms with Crippen LogP contribution in [0.15, 0.2) is 9.59 Å². The quantitative estimate of drug-likeness (QED) is 0.629. The first-order valence-corrected chi connectivity index (χ1v) is 6.60. The molecule has 0 aliphatic carbocycles. The van der Waals surface area contributed by atoms with Crippen LogP contribution < -0.4 is 21.9 Å². The first-order chi connectivity index (χ1) is 9.54. The lowest BCUT2D eigenvalue weighted by Gasteiger charge is -2.33. The number of nitrogens with two attached hydrogens (primary N) is 1. The number of ether oxygens (including phenoxy) is 1. The highest BCUT2D eigenvalue weighted by atomic mass is 16.5. The Morgan fingerprint density at radius 2 is 2.05 bits per heavy atom. The van der Waals surface area contributed by atoms with E-state index in [4.69, 9.17) is 15.6 Å². The van der Waals surface area contributed by atoms with Gasteiger partial charge in [-0.3, -0.25) is 14.3 Å². The van der Waals surface area contributed by atoms with Crippen molar-refractivity contribution in [3.63, 3.8) is 0 Å². The van der Waals surface area contributed by atoms with E-state index < -0.39 is 11.2 Å². The number of hydrogen-bond acceptors (Lipinski definition) is 6. The second-order valence-corrected chi connectivity index (χ2v) is 4.83. The Kier molecular flexibility index (Phi) is 4.46. The zero-order valence-corrected chi connectivity index (χ0v) is 11.5. The molecule has 1 aromatic heterocycles. The first kappa shape index (κ1) is 14.6. The monoisotopic (exact) mass is 284 g/mol. The highest BCUT2D eigenvalue weighted by molar-refractivity contribution is 5.62. The Hall–Kier alpha value is -1.80. The van der Waals surface area contributed by atoms with Gasteiger partial charge in [0.25, 0.3) is 5.56 Å². The van der Waals surface area contributed by atoms with E-state index >= 15 is 0 Å². The maximum atomic E-state index is 11.9. The number of piperidine rings is 1. The van der Waals surface area contributed by atoms with Gasteiger partial charge < -0.3 is 20.5 Å². The van der Waals surface area contributed by atoms with Gasteiger partial charge in [0.05, 0.1) is 19.3 Å². The van der Waals surface area contributed by atoms with Crippen molar-refractivity contribution in [2.75, 3.05) is 36.9 Å². The molecule has 1 fully saturated rings. The summed E-state index contributed by atoms with van der Waals surface area (Å²) >= 11 is 0. The summed E-state index contributed by atoms with van der Waals surface area (Å²) in [5, 5.41) is 8.73. The molecule has 0 saturated carbocycles. The molecule has 1 aliphatic rings. The highest BCUT2D eigenvalue weighted by Gasteiger charge is 2.24. The summed E-state index contributed by atoms with van der Waals surface area (Å²) in [5.74, 6) is 0.175. The zero-order chi connectivity index (χ0) is 14.7. The molecule has 0 unspecified atom stereocenters. The molecule has 1 aliphatic heterocycles. The second kappa shape index (κ2) is 6.10. The zero-order valence-electron chi connectivity index (χ0n) is 11.5. The van der Waals surface area contributed by atoms with Crippen LogP contribution in [0, 0.1) is 0 Å². The Morgan fingerprint density at radius 1 is 1.40 bits per heavy atom. The molecule has 0 atom stereocenters. The number of rotatable bonds is 4. The maximum Gasteiger partial charge on any atom is 0.329 e. The fourth-order valence-corrected chi connectivity index (χ4v) is 2.40. The van der Waals surface area contributed by atoms with Crippen molar-refractivity contribution in [2.45, 2.75) is 18.9 Å². The smallest absolute Gasteiger partial charge is 0.329 e. The molecule has 0 spiro atoms. The number of anilines is 2. The molecule has 1 saturated heterocycles. The van der Waals surface area contributed by atoms with Crippen molar-refractivity contribution in [3.8, 4) is 0 Å². The molecule has 2 rings (SSSR count). The van der Waals surface area contributed by atoms with Crippen molar-refractivity contribution >= 4 is 11.5 Å². The predicted octanol–water partition coefficient (Wildman–Crippen LogP) is -1.37. The van der Waals surface area contributed by atoms with Gasteiger partial charge in [0.1, 0.15) is 11.5 Å². The molecule has 0 aromatic carbocycles. The fourth-order valence-electron chi connectivity index (χ4n) is 2.40. The van der Waals surface area contributed by atoms with Crippen LogP contribution in [0.25, 0.3) is 0 Å². The summed E-state index contributed by atoms with van der Waals surface area (Å²) in [6.07, 6.45) is 1.59. The molecule has 8 nitrogen and oxygen atoms in total. The molecule has 8 heteroatoms. The predicted molar refractivity (Wildman–Crippen MR) is 75.0 cm³/mol. The van der Waals surface area contributed by atoms with Gasteiger partial charge in [-0.15, -0.1) is 0 Å². The number of aliphatic hydroxyl groups excluding tert-OH is 1. The number of aromatic amines is 1. The van der Waals surface area contributed by atoms with Crippen LogP contribution in [0.3, 0.4) is 0 Å². The van der Waals surface area contributed by atoms with Gasteiger partial charge in [-0.25, -0.2) is 4.79 Å². The Bertz CT molecular complexity index is 572. The summed E-state index contributed by atoms with van der Waals surface area (Å²) in [7, 11) is 1.52. The number of nitrogens with zero attached hydrogens (tertiary/aromatic N) is 2. The van der Waals surface area contributed by atoms with Gasteiger partial charge >= 0.3 is 5.69 Å². The normalized spacial score (nSPS) is 16.6. The van der Waals surface area contributed by atoms with Crippen LogP contribution in [0.2, 0.25) is 0 Å². The molecule has 1 aromatic rings. The number of nitrogen functional groups attached to an aromatic ring is 1. The van der Waals surface area contributed by atoms with E-state index in [0.29, 0.717) is 25.4 Å². The summed E-state index contributed by atoms with van der Waals surface area (Å²) in [6.45, 7) is 1.59. The minimum absolute atomic E-state index is 0.00757. The summed E-state index contributed by atoms with van der Waals surface area (Å²) < 4.78 is 6.70. The lowest BCUT2D eigenvalue weighted by Crippen LogP contribution is -2.43. The van der Waals surface area contributed by atoms with Gasteiger partial charge in [0, 0.05) is 20.1 Å². The molecule has 2 heterocycles. The second-order valence-electron chi connectivity index (χ2n) is 4.83. The van der Waals surface area contributed by atoms with Crippen molar-refractivity contribution in [1.29, 1.82) is 0 Å². The van der Waals surface area contributed by atoms with Crippen LogP contribution >= 0.6 is 0 Å². The van der Waals surface area contributed by atoms with Crippen molar-refractivity contribution in [1.82, 2.24) is 9.55 Å². The van der Waals surface area contributed by atoms with E-state index in [2.05, 4.69) is 4.98 Å². The molecule has 20 heavy (non-hydrogen) atoms. The molecule has 0 bridgehead atoms. The van der Waals surface area contributed by atoms with Crippen molar-refractivity contribution in [3.05, 3.63) is 20.8 Å². The van der Waals surface area contributed by atoms with E-state index in [-0.39, 0.29) is 18.5 Å². The highest BCUT2D eigenvalue weighted by Crippen LogP contribution is 2.21. The third-order valence-electron chi connectivity index (χ3n) is 3.55. The average Bonchev–Trinajstić information content (AvgIpc) is 2.44. The maximum absolute atomic E-state index is 11.9. The standard InChI is InChI=1S/C12H20N4O4/c1-15-10(13)9(11(18)14-12(15)19)16-4-2-8(3-5-16)20-7-6-17/h8,17H,2-7,13H2,1H3,(H,14,18,19). The topological polar surface area (TPSA) is 114 Å². The third kappa shape index (κ3) is 2.86. The van der Waals surface area contributed by atoms with E-state index in [0.717, 1.165) is 12.8 Å². The van der Waals surface area contributed by atoms with Crippen LogP contribution in [0.5, 0.6) is 0 Å². The van der Waals surface area contributed by atoms with Gasteiger partial charge in [0.15, 0.2) is 0 Å². The molecule has 4 N–H and O–H groups in total. The van der Waals surface area contributed by atoms with E-state index in [1.807, 2.05) is 4.90 Å². The van der Waals surface area contributed by atoms with Crippen LogP contribution in [0.4, 0.5) is 11.5 Å². The molecule has 0 radical (unpaired) electrons. The van der Waals surface area contributed by atoms with Crippen LogP contribution in [-0.4, -0.2) is 47.1 Å². The minimum atomic E-state index is -0.516. The SMILES string of the molecule is Cn1c(N)c(N2CCC(OCCO)CC2)c(=O)[nH]c1=O. The lowest BCUT2D eigenvalue weighted by molar-refractivity contribution is 0.0159. The van der Waals surface area contributed by atoms with E-state index in [1.54, 1.807) is 0 Å². The van der Waals surface area contributed by atoms with Gasteiger partial charge in [0.2, 0.25) is 0 Å². The summed E-state index contributed by atoms with van der Waals surface area (Å²) in [5.41, 5.74) is 5.23. The van der Waals surface area contributed by atoms with Crippen LogP contribution in [0.1, 0.15) is 12.8 Å². The van der Waals surface area contributed by atoms with Gasteiger partial charge in [-0.05, 0) is 12.8 Å². The molecular formula is C12H20N4O4. The van der Waals surface area contributed by atoms with Gasteiger partial charge in [-0.1, -0.05) is 0 Å². The van der Waals surface area contributed by atoms with E-state index in [9.17, 15) is 9.59 Å². The number of aromatic nitrogens is 2. The summed E-state index contributed by atoms with van der Waals surface area (Å²) in [6, 6.07) is 0. The molecular weight excluding hydrogens is 264 g/mol. The minimum Gasteiger partial charge on any atom is -0.394 e. The van der Waals surface area contributed by atoms with Crippen molar-refractivity contribution < 1.29 is 9.84 Å². The fraction of sp³-hybridized carbons (Fsp3) is 0.667. The Labute approximate surface area is 115 Å². The lowest BCUT2D eigenvalue weighted by atomic mass is 10.1. The van der Waals surface area contributed by atoms with Crippen molar-refractivity contribution in [2.24, 2.45) is 7.05 Å². The van der Waals surface area contributed by atoms with E-state index in [1.165, 1.54) is 11.6 Å². The molecule has 112 valence electrons. The largest absolute Gasteiger partial charge is 0.394 e. The Morgan fingerprint density at radius 3 is 2.65 bits per heavy atom. The first-order valence-electron chi connectivity index (χ1n) is 6.60. The summed E-state index contributed by atoms with van der Waals surface area (Å²) in [4.78, 5) is 27.5. The third-order valence-corrected chi connectivity index (χ3v) is 3.55.